The molecule has 0 saturated heterocycles. The Balaban J connectivity index is 1.86. The molecule has 2 aliphatic rings. The summed E-state index contributed by atoms with van der Waals surface area (Å²) in [5.41, 5.74) is -3.30. The number of ketones is 2. The van der Waals surface area contributed by atoms with E-state index in [0.29, 0.717) is 0 Å². The van der Waals surface area contributed by atoms with Gasteiger partial charge in [-0.2, -0.15) is 0 Å². The van der Waals surface area contributed by atoms with Gasteiger partial charge in [-0.05, 0) is 31.0 Å². The molecule has 3 unspecified atom stereocenters. The maximum absolute atomic E-state index is 13.8. The molecule has 5 rings (SSSR count). The Morgan fingerprint density at radius 1 is 0.857 bits per heavy atom. The number of carboxylic acid groups (broad SMARTS) is 1. The molecule has 1 amide bonds. The van der Waals surface area contributed by atoms with Gasteiger partial charge in [-0.3, -0.25) is 19.2 Å². The molecule has 2 aliphatic carbocycles. The van der Waals surface area contributed by atoms with Crippen molar-refractivity contribution in [1.29, 1.82) is 0 Å². The number of hydrogen-bond acceptors (Lipinski definition) is 11. The van der Waals surface area contributed by atoms with Crippen molar-refractivity contribution in [2.45, 2.75) is 32.1 Å². The molecular weight excluding hydrogens is 554 g/mol. The molecule has 0 fully saturated rings. The first-order valence-corrected chi connectivity index (χ1v) is 12.5. The van der Waals surface area contributed by atoms with E-state index in [1.54, 1.807) is 0 Å². The summed E-state index contributed by atoms with van der Waals surface area (Å²) in [5.74, 6) is -6.81. The summed E-state index contributed by atoms with van der Waals surface area (Å²) in [7, 11) is 2.39. The van der Waals surface area contributed by atoms with Crippen LogP contribution < -0.4 is 14.8 Å². The molecule has 0 bridgehead atoms. The summed E-state index contributed by atoms with van der Waals surface area (Å²) >= 11 is 0. The van der Waals surface area contributed by atoms with E-state index < -0.39 is 92.5 Å². The van der Waals surface area contributed by atoms with Crippen LogP contribution in [0, 0.1) is 6.92 Å². The van der Waals surface area contributed by atoms with Crippen LogP contribution in [-0.2, 0) is 4.79 Å². The molecular formula is C29H25NO12. The van der Waals surface area contributed by atoms with Gasteiger partial charge in [0.2, 0.25) is 5.78 Å². The fourth-order valence-electron chi connectivity index (χ4n) is 5.58. The number of ether oxygens (including phenoxy) is 2. The average Bonchev–Trinajstić information content (AvgIpc) is 2.93. The number of phenols is 3. The lowest BCUT2D eigenvalue weighted by Gasteiger charge is -2.34. The first-order chi connectivity index (χ1) is 19.8. The van der Waals surface area contributed by atoms with Crippen LogP contribution in [0.25, 0.3) is 11.1 Å². The van der Waals surface area contributed by atoms with Crippen molar-refractivity contribution in [2.75, 3.05) is 14.2 Å². The quantitative estimate of drug-likeness (QED) is 0.180. The maximum atomic E-state index is 13.8. The predicted molar refractivity (Wildman–Crippen MR) is 143 cm³/mol. The summed E-state index contributed by atoms with van der Waals surface area (Å²) in [6.07, 6.45) is -3.62. The minimum absolute atomic E-state index is 0.0449. The molecule has 3 aromatic carbocycles. The molecule has 0 spiro atoms. The summed E-state index contributed by atoms with van der Waals surface area (Å²) in [6.45, 7) is 2.61. The second kappa shape index (κ2) is 9.75. The normalized spacial score (nSPS) is 17.4. The lowest BCUT2D eigenvalue weighted by molar-refractivity contribution is -0.138. The van der Waals surface area contributed by atoms with E-state index in [1.807, 2.05) is 0 Å². The molecule has 0 saturated carbocycles. The minimum Gasteiger partial charge on any atom is -0.507 e. The van der Waals surface area contributed by atoms with Gasteiger partial charge in [0.25, 0.3) is 5.91 Å². The number of benzene rings is 3. The van der Waals surface area contributed by atoms with Gasteiger partial charge in [-0.25, -0.2) is 0 Å². The van der Waals surface area contributed by atoms with Crippen molar-refractivity contribution in [3.8, 4) is 39.9 Å². The lowest BCUT2D eigenvalue weighted by atomic mass is 9.73. The number of fused-ring (bicyclic) bond motifs is 5. The topological polar surface area (TPSA) is 220 Å². The van der Waals surface area contributed by atoms with Crippen molar-refractivity contribution in [1.82, 2.24) is 5.32 Å². The van der Waals surface area contributed by atoms with E-state index in [1.165, 1.54) is 33.1 Å². The summed E-state index contributed by atoms with van der Waals surface area (Å²) < 4.78 is 10.5. The number of phenolic OH excluding ortho intramolecular Hbond substituents is 3. The number of carbonyl (C=O) groups excluding carboxylic acids is 3. The zero-order valence-corrected chi connectivity index (χ0v) is 22.6. The largest absolute Gasteiger partial charge is 0.507 e. The first-order valence-electron chi connectivity index (χ1n) is 12.5. The van der Waals surface area contributed by atoms with E-state index >= 15 is 0 Å². The van der Waals surface area contributed by atoms with Crippen LogP contribution in [0.2, 0.25) is 0 Å². The van der Waals surface area contributed by atoms with Gasteiger partial charge >= 0.3 is 5.97 Å². The third kappa shape index (κ3) is 3.78. The highest BCUT2D eigenvalue weighted by Gasteiger charge is 2.46. The van der Waals surface area contributed by atoms with Crippen molar-refractivity contribution in [3.05, 3.63) is 62.7 Å². The molecule has 0 heterocycles. The number of aryl methyl sites for hydroxylation is 1. The highest BCUT2D eigenvalue weighted by molar-refractivity contribution is 6.32. The number of aromatic hydroxyl groups is 3. The summed E-state index contributed by atoms with van der Waals surface area (Å²) in [5, 5.41) is 67.3. The summed E-state index contributed by atoms with van der Waals surface area (Å²) in [6, 6.07) is 2.24. The number of rotatable bonds is 5. The van der Waals surface area contributed by atoms with Crippen LogP contribution in [0.15, 0.2) is 18.2 Å². The van der Waals surface area contributed by atoms with Crippen LogP contribution in [0.4, 0.5) is 0 Å². The fraction of sp³-hybridized carbons (Fsp3) is 0.241. The average molecular weight is 580 g/mol. The Kier molecular flexibility index (Phi) is 6.59. The van der Waals surface area contributed by atoms with E-state index in [-0.39, 0.29) is 33.6 Å². The number of aliphatic hydroxyl groups excluding tert-OH is 2. The number of methoxy groups -OCH3 is 2. The molecule has 3 atom stereocenters. The number of amides is 1. The monoisotopic (exact) mass is 579 g/mol. The number of carboxylic acids is 1. The number of aliphatic carboxylic acids is 1. The van der Waals surface area contributed by atoms with E-state index in [0.717, 1.165) is 13.2 Å². The Morgan fingerprint density at radius 3 is 2.12 bits per heavy atom. The standard InChI is InChI=1S/C29H25NO12/c1-8-5-11-16(23(34)14(8)28(38)30-9(2)29(39)40)17-19(26(37)22(11)33)27(42-4)20-18(25(17)36)21(32)12-6-10(41-3)7-13(31)15(12)24(20)35/h5-7,9,22,26,31,33-34,36-37H,1-4H3,(H,30,38)(H,39,40). The molecule has 0 aromatic heterocycles. The SMILES string of the molecule is COc1cc(O)c2c(c1)C(=O)c1c(O)c3c(c(OC)c1C2=O)C(O)C(O)c1cc(C)c(C(=O)NC(C)C(=O)O)c(O)c1-3. The van der Waals surface area contributed by atoms with Gasteiger partial charge in [-0.1, -0.05) is 6.07 Å². The van der Waals surface area contributed by atoms with E-state index in [9.17, 15) is 49.8 Å². The highest BCUT2D eigenvalue weighted by Crippen LogP contribution is 2.58. The number of carbonyl (C=O) groups is 4. The minimum atomic E-state index is -1.85. The second-order valence-corrected chi connectivity index (χ2v) is 9.95. The van der Waals surface area contributed by atoms with Gasteiger partial charge in [0.05, 0.1) is 36.5 Å². The van der Waals surface area contributed by atoms with Crippen LogP contribution >= 0.6 is 0 Å². The van der Waals surface area contributed by atoms with Gasteiger partial charge in [0.1, 0.15) is 47.0 Å². The van der Waals surface area contributed by atoms with Gasteiger partial charge in [0.15, 0.2) is 5.78 Å². The zero-order valence-electron chi connectivity index (χ0n) is 22.6. The van der Waals surface area contributed by atoms with Crippen molar-refractivity contribution < 1.29 is 59.3 Å². The number of hydrogen-bond donors (Lipinski definition) is 7. The summed E-state index contributed by atoms with van der Waals surface area (Å²) in [4.78, 5) is 51.8. The highest BCUT2D eigenvalue weighted by atomic mass is 16.5. The Hall–Kier alpha value is -5.14. The molecule has 218 valence electrons. The fourth-order valence-corrected chi connectivity index (χ4v) is 5.58. The lowest BCUT2D eigenvalue weighted by Crippen LogP contribution is -2.38. The zero-order chi connectivity index (χ0) is 30.9. The Morgan fingerprint density at radius 2 is 1.52 bits per heavy atom. The number of nitrogens with one attached hydrogen (secondary N) is 1. The van der Waals surface area contributed by atoms with E-state index in [2.05, 4.69) is 5.32 Å². The molecule has 0 radical (unpaired) electrons. The predicted octanol–water partition coefficient (Wildman–Crippen LogP) is 1.85. The third-order valence-corrected chi connectivity index (χ3v) is 7.56. The van der Waals surface area contributed by atoms with Crippen LogP contribution in [0.5, 0.6) is 28.7 Å². The maximum Gasteiger partial charge on any atom is 0.325 e. The third-order valence-electron chi connectivity index (χ3n) is 7.56. The molecule has 42 heavy (non-hydrogen) atoms. The van der Waals surface area contributed by atoms with E-state index in [4.69, 9.17) is 9.47 Å². The number of aliphatic hydroxyl groups is 2. The smallest absolute Gasteiger partial charge is 0.325 e. The van der Waals surface area contributed by atoms with Crippen molar-refractivity contribution in [2.24, 2.45) is 0 Å². The molecule has 7 N–H and O–H groups in total. The molecule has 13 heteroatoms. The van der Waals surface area contributed by atoms with Crippen LogP contribution in [-0.4, -0.2) is 74.3 Å². The first kappa shape index (κ1) is 28.4. The molecule has 0 aliphatic heterocycles. The Labute approximate surface area is 237 Å². The second-order valence-electron chi connectivity index (χ2n) is 9.95. The van der Waals surface area contributed by atoms with Gasteiger partial charge in [0, 0.05) is 28.3 Å². The Bertz CT molecular complexity index is 1760. The van der Waals surface area contributed by atoms with Gasteiger partial charge < -0.3 is 45.4 Å². The molecule has 3 aromatic rings. The van der Waals surface area contributed by atoms with Gasteiger partial charge in [-0.15, -0.1) is 0 Å². The van der Waals surface area contributed by atoms with Crippen LogP contribution in [0.1, 0.15) is 78.0 Å². The van der Waals surface area contributed by atoms with Crippen molar-refractivity contribution >= 4 is 23.4 Å². The van der Waals surface area contributed by atoms with Crippen molar-refractivity contribution in [3.63, 3.8) is 0 Å². The molecule has 13 nitrogen and oxygen atoms in total. The van der Waals surface area contributed by atoms with Crippen LogP contribution in [0.3, 0.4) is 0 Å².